The van der Waals surface area contributed by atoms with Crippen LogP contribution in [0, 0.1) is 0 Å². The van der Waals surface area contributed by atoms with Crippen LogP contribution >= 0.6 is 0 Å². The lowest BCUT2D eigenvalue weighted by Crippen LogP contribution is -2.35. The number of aliphatic hydroxyl groups is 1. The normalized spacial score (nSPS) is 13.0. The second-order valence-electron chi connectivity index (χ2n) is 5.26. The molecule has 0 spiro atoms. The second-order valence-corrected chi connectivity index (χ2v) is 5.26. The Hall–Kier alpha value is -1.59. The summed E-state index contributed by atoms with van der Waals surface area (Å²) in [5.74, 6) is 0. The molecule has 1 aromatic rings. The zero-order valence-corrected chi connectivity index (χ0v) is 12.4. The number of hydrogen-bond donors (Lipinski definition) is 3. The van der Waals surface area contributed by atoms with Gasteiger partial charge in [-0.25, -0.2) is 4.79 Å². The standard InChI is InChI=1S/C16H24N2O3/c19-8-10-21-9-2-7-17-16(20)18-12-13-5-6-14-3-1-4-15(14)11-13/h5-6,11,19H,1-4,7-10,12H2,(H2,17,18,20). The van der Waals surface area contributed by atoms with Gasteiger partial charge in [0.25, 0.3) is 0 Å². The number of fused-ring (bicyclic) bond motifs is 1. The summed E-state index contributed by atoms with van der Waals surface area (Å²) in [6, 6.07) is 6.31. The molecular formula is C16H24N2O3. The van der Waals surface area contributed by atoms with Crippen LogP contribution in [0.1, 0.15) is 29.5 Å². The van der Waals surface area contributed by atoms with Gasteiger partial charge >= 0.3 is 6.03 Å². The number of ether oxygens (including phenoxy) is 1. The summed E-state index contributed by atoms with van der Waals surface area (Å²) in [5, 5.41) is 14.2. The summed E-state index contributed by atoms with van der Waals surface area (Å²) in [5.41, 5.74) is 4.03. The van der Waals surface area contributed by atoms with Crippen molar-refractivity contribution in [1.29, 1.82) is 0 Å². The van der Waals surface area contributed by atoms with E-state index in [2.05, 4.69) is 28.8 Å². The Balaban J connectivity index is 1.60. The topological polar surface area (TPSA) is 70.6 Å². The van der Waals surface area contributed by atoms with E-state index < -0.39 is 0 Å². The number of carbonyl (C=O) groups is 1. The van der Waals surface area contributed by atoms with Gasteiger partial charge in [0.1, 0.15) is 0 Å². The number of nitrogens with one attached hydrogen (secondary N) is 2. The zero-order valence-electron chi connectivity index (χ0n) is 12.4. The number of amides is 2. The maximum absolute atomic E-state index is 11.6. The van der Waals surface area contributed by atoms with Gasteiger partial charge in [-0.05, 0) is 42.4 Å². The fourth-order valence-corrected chi connectivity index (χ4v) is 2.52. The van der Waals surface area contributed by atoms with Gasteiger partial charge < -0.3 is 20.5 Å². The lowest BCUT2D eigenvalue weighted by molar-refractivity contribution is 0.0910. The molecule has 0 fully saturated rings. The molecule has 0 atom stereocenters. The number of rotatable bonds is 8. The van der Waals surface area contributed by atoms with Crippen LogP contribution in [0.25, 0.3) is 0 Å². The third-order valence-corrected chi connectivity index (χ3v) is 3.60. The van der Waals surface area contributed by atoms with E-state index in [1.165, 1.54) is 24.0 Å². The van der Waals surface area contributed by atoms with E-state index in [-0.39, 0.29) is 12.6 Å². The van der Waals surface area contributed by atoms with Gasteiger partial charge in [0, 0.05) is 19.7 Å². The van der Waals surface area contributed by atoms with Crippen LogP contribution in [0.5, 0.6) is 0 Å². The van der Waals surface area contributed by atoms with E-state index in [1.807, 2.05) is 0 Å². The molecule has 0 unspecified atom stereocenters. The maximum atomic E-state index is 11.6. The van der Waals surface area contributed by atoms with Gasteiger partial charge in [-0.2, -0.15) is 0 Å². The molecule has 1 aliphatic carbocycles. The summed E-state index contributed by atoms with van der Waals surface area (Å²) in [7, 11) is 0. The molecule has 2 amide bonds. The molecule has 0 aliphatic heterocycles. The lowest BCUT2D eigenvalue weighted by atomic mass is 10.1. The molecule has 0 saturated heterocycles. The molecule has 5 nitrogen and oxygen atoms in total. The SMILES string of the molecule is O=C(NCCCOCCO)NCc1ccc2c(c1)CCC2. The van der Waals surface area contributed by atoms with Crippen LogP contribution in [0.4, 0.5) is 4.79 Å². The molecule has 0 saturated carbocycles. The Morgan fingerprint density at radius 2 is 2.05 bits per heavy atom. The highest BCUT2D eigenvalue weighted by Crippen LogP contribution is 2.22. The van der Waals surface area contributed by atoms with E-state index in [0.29, 0.717) is 26.3 Å². The molecule has 0 heterocycles. The molecule has 1 aromatic carbocycles. The van der Waals surface area contributed by atoms with Crippen LogP contribution in [0.15, 0.2) is 18.2 Å². The van der Waals surface area contributed by atoms with Crippen molar-refractivity contribution in [1.82, 2.24) is 10.6 Å². The predicted octanol–water partition coefficient (Wildman–Crippen LogP) is 1.37. The first-order valence-corrected chi connectivity index (χ1v) is 7.60. The largest absolute Gasteiger partial charge is 0.394 e. The highest BCUT2D eigenvalue weighted by molar-refractivity contribution is 5.73. The van der Waals surface area contributed by atoms with Crippen LogP contribution in [0.2, 0.25) is 0 Å². The van der Waals surface area contributed by atoms with Gasteiger partial charge in [-0.15, -0.1) is 0 Å². The molecule has 5 heteroatoms. The highest BCUT2D eigenvalue weighted by Gasteiger charge is 2.10. The van der Waals surface area contributed by atoms with Crippen molar-refractivity contribution in [3.63, 3.8) is 0 Å². The molecule has 0 radical (unpaired) electrons. The molecule has 3 N–H and O–H groups in total. The second kappa shape index (κ2) is 8.64. The van der Waals surface area contributed by atoms with Gasteiger partial charge in [0.05, 0.1) is 13.2 Å². The Morgan fingerprint density at radius 1 is 1.19 bits per heavy atom. The van der Waals surface area contributed by atoms with Crippen LogP contribution in [-0.2, 0) is 24.1 Å². The number of carbonyl (C=O) groups excluding carboxylic acids is 1. The highest BCUT2D eigenvalue weighted by atomic mass is 16.5. The lowest BCUT2D eigenvalue weighted by Gasteiger charge is -2.09. The minimum absolute atomic E-state index is 0.0364. The van der Waals surface area contributed by atoms with E-state index in [0.717, 1.165) is 18.4 Å². The quantitative estimate of drug-likeness (QED) is 0.634. The molecule has 2 rings (SSSR count). The summed E-state index contributed by atoms with van der Waals surface area (Å²) in [6.45, 7) is 2.06. The monoisotopic (exact) mass is 292 g/mol. The average Bonchev–Trinajstić information content (AvgIpc) is 2.96. The summed E-state index contributed by atoms with van der Waals surface area (Å²) < 4.78 is 5.11. The van der Waals surface area contributed by atoms with E-state index in [9.17, 15) is 4.79 Å². The van der Waals surface area contributed by atoms with Gasteiger partial charge in [-0.1, -0.05) is 18.2 Å². The molecule has 0 aromatic heterocycles. The first kappa shape index (κ1) is 15.8. The van der Waals surface area contributed by atoms with Crippen molar-refractivity contribution >= 4 is 6.03 Å². The average molecular weight is 292 g/mol. The summed E-state index contributed by atoms with van der Waals surface area (Å²) in [6.07, 6.45) is 4.32. The van der Waals surface area contributed by atoms with Crippen LogP contribution in [0.3, 0.4) is 0 Å². The van der Waals surface area contributed by atoms with Crippen LogP contribution in [-0.4, -0.2) is 37.5 Å². The van der Waals surface area contributed by atoms with Gasteiger partial charge in [-0.3, -0.25) is 0 Å². The fraction of sp³-hybridized carbons (Fsp3) is 0.562. The summed E-state index contributed by atoms with van der Waals surface area (Å²) >= 11 is 0. The number of aryl methyl sites for hydroxylation is 2. The first-order valence-electron chi connectivity index (χ1n) is 7.60. The summed E-state index contributed by atoms with van der Waals surface area (Å²) in [4.78, 5) is 11.6. The minimum atomic E-state index is -0.155. The van der Waals surface area contributed by atoms with E-state index in [1.54, 1.807) is 0 Å². The van der Waals surface area contributed by atoms with E-state index in [4.69, 9.17) is 9.84 Å². The molecule has 0 bridgehead atoms. The Labute approximate surface area is 125 Å². The smallest absolute Gasteiger partial charge is 0.315 e. The van der Waals surface area contributed by atoms with Crippen molar-refractivity contribution in [3.8, 4) is 0 Å². The third-order valence-electron chi connectivity index (χ3n) is 3.60. The van der Waals surface area contributed by atoms with E-state index >= 15 is 0 Å². The van der Waals surface area contributed by atoms with Crippen molar-refractivity contribution in [2.24, 2.45) is 0 Å². The van der Waals surface area contributed by atoms with Crippen molar-refractivity contribution in [3.05, 3.63) is 34.9 Å². The van der Waals surface area contributed by atoms with Gasteiger partial charge in [0.2, 0.25) is 0 Å². The molecular weight excluding hydrogens is 268 g/mol. The molecule has 1 aliphatic rings. The zero-order chi connectivity index (χ0) is 14.9. The van der Waals surface area contributed by atoms with Crippen molar-refractivity contribution in [2.75, 3.05) is 26.4 Å². The Bertz CT molecular complexity index is 463. The van der Waals surface area contributed by atoms with Crippen molar-refractivity contribution in [2.45, 2.75) is 32.2 Å². The Morgan fingerprint density at radius 3 is 2.90 bits per heavy atom. The van der Waals surface area contributed by atoms with Gasteiger partial charge in [0.15, 0.2) is 0 Å². The molecule has 116 valence electrons. The number of aliphatic hydroxyl groups excluding tert-OH is 1. The predicted molar refractivity (Wildman–Crippen MR) is 81.2 cm³/mol. The number of benzene rings is 1. The number of hydrogen-bond acceptors (Lipinski definition) is 3. The molecule has 21 heavy (non-hydrogen) atoms. The number of urea groups is 1. The van der Waals surface area contributed by atoms with Crippen LogP contribution < -0.4 is 10.6 Å². The minimum Gasteiger partial charge on any atom is -0.394 e. The third kappa shape index (κ3) is 5.36. The fourth-order valence-electron chi connectivity index (χ4n) is 2.52. The Kier molecular flexibility index (Phi) is 6.50. The first-order chi connectivity index (χ1) is 10.3. The van der Waals surface area contributed by atoms with Crippen molar-refractivity contribution < 1.29 is 14.6 Å². The maximum Gasteiger partial charge on any atom is 0.315 e.